The van der Waals surface area contributed by atoms with E-state index in [0.29, 0.717) is 12.6 Å². The standard InChI is InChI=1S/C19H23N3O3/c23-19(21-12-15-4-2-10-24-15)18-6-5-16-17(25-18)7-9-22(16)13-14-3-1-8-20-11-14/h1-4,8,10-11,16-18H,5-7,9,12-13H2,(H,21,23)/t16-,17-,18-/m0/s1. The van der Waals surface area contributed by atoms with Gasteiger partial charge in [0.05, 0.1) is 18.9 Å². The number of aromatic nitrogens is 1. The fourth-order valence-electron chi connectivity index (χ4n) is 3.83. The number of likely N-dealkylation sites (tertiary alicyclic amines) is 1. The van der Waals surface area contributed by atoms with Crippen molar-refractivity contribution < 1.29 is 13.9 Å². The van der Waals surface area contributed by atoms with Crippen molar-refractivity contribution >= 4 is 5.91 Å². The molecule has 2 aromatic heterocycles. The van der Waals surface area contributed by atoms with Gasteiger partial charge in [0.15, 0.2) is 0 Å². The number of amides is 1. The molecule has 0 radical (unpaired) electrons. The number of hydrogen-bond donors (Lipinski definition) is 1. The van der Waals surface area contributed by atoms with Gasteiger partial charge in [0, 0.05) is 31.5 Å². The molecule has 4 rings (SSSR count). The van der Waals surface area contributed by atoms with Gasteiger partial charge in [0.2, 0.25) is 5.91 Å². The summed E-state index contributed by atoms with van der Waals surface area (Å²) in [6.07, 6.45) is 7.84. The van der Waals surface area contributed by atoms with Gasteiger partial charge in [-0.15, -0.1) is 0 Å². The molecule has 2 saturated heterocycles. The smallest absolute Gasteiger partial charge is 0.249 e. The van der Waals surface area contributed by atoms with E-state index < -0.39 is 0 Å². The minimum Gasteiger partial charge on any atom is -0.467 e. The lowest BCUT2D eigenvalue weighted by Gasteiger charge is -2.35. The van der Waals surface area contributed by atoms with Gasteiger partial charge in [0.1, 0.15) is 11.9 Å². The molecular weight excluding hydrogens is 318 g/mol. The molecule has 6 nitrogen and oxygen atoms in total. The average molecular weight is 341 g/mol. The van der Waals surface area contributed by atoms with Gasteiger partial charge < -0.3 is 14.5 Å². The predicted octanol–water partition coefficient (Wildman–Crippen LogP) is 2.11. The Balaban J connectivity index is 1.30. The molecule has 0 spiro atoms. The Labute approximate surface area is 147 Å². The molecule has 2 aromatic rings. The highest BCUT2D eigenvalue weighted by atomic mass is 16.5. The number of furan rings is 1. The normalized spacial score (nSPS) is 26.3. The molecule has 1 amide bonds. The molecule has 4 heterocycles. The van der Waals surface area contributed by atoms with Crippen LogP contribution in [0.15, 0.2) is 47.3 Å². The first-order chi connectivity index (χ1) is 12.3. The van der Waals surface area contributed by atoms with E-state index >= 15 is 0 Å². The number of pyridine rings is 1. The first-order valence-corrected chi connectivity index (χ1v) is 8.88. The zero-order valence-corrected chi connectivity index (χ0v) is 14.1. The Kier molecular flexibility index (Phi) is 4.81. The monoisotopic (exact) mass is 341 g/mol. The van der Waals surface area contributed by atoms with Crippen molar-refractivity contribution in [1.82, 2.24) is 15.2 Å². The van der Waals surface area contributed by atoms with Crippen molar-refractivity contribution in [1.29, 1.82) is 0 Å². The van der Waals surface area contributed by atoms with Crippen molar-refractivity contribution in [2.24, 2.45) is 0 Å². The van der Waals surface area contributed by atoms with Gasteiger partial charge in [-0.3, -0.25) is 14.7 Å². The fourth-order valence-corrected chi connectivity index (χ4v) is 3.83. The van der Waals surface area contributed by atoms with Crippen LogP contribution in [0.5, 0.6) is 0 Å². The molecule has 0 saturated carbocycles. The largest absolute Gasteiger partial charge is 0.467 e. The van der Waals surface area contributed by atoms with Gasteiger partial charge in [0.25, 0.3) is 0 Å². The third kappa shape index (κ3) is 3.75. The molecule has 2 aliphatic heterocycles. The summed E-state index contributed by atoms with van der Waals surface area (Å²) < 4.78 is 11.4. The minimum absolute atomic E-state index is 0.0411. The zero-order chi connectivity index (χ0) is 17.1. The number of rotatable bonds is 5. The average Bonchev–Trinajstić information content (AvgIpc) is 3.30. The van der Waals surface area contributed by atoms with E-state index in [0.717, 1.165) is 38.1 Å². The summed E-state index contributed by atoms with van der Waals surface area (Å²) in [7, 11) is 0. The van der Waals surface area contributed by atoms with E-state index in [1.165, 1.54) is 5.56 Å². The number of fused-ring (bicyclic) bond motifs is 1. The summed E-state index contributed by atoms with van der Waals surface area (Å²) >= 11 is 0. The van der Waals surface area contributed by atoms with Gasteiger partial charge >= 0.3 is 0 Å². The second kappa shape index (κ2) is 7.37. The van der Waals surface area contributed by atoms with Crippen LogP contribution in [0, 0.1) is 0 Å². The van der Waals surface area contributed by atoms with Crippen LogP contribution in [0.2, 0.25) is 0 Å². The number of ether oxygens (including phenoxy) is 1. The Bertz CT molecular complexity index is 689. The molecule has 0 aromatic carbocycles. The Morgan fingerprint density at radius 3 is 3.04 bits per heavy atom. The first kappa shape index (κ1) is 16.3. The summed E-state index contributed by atoms with van der Waals surface area (Å²) in [6, 6.07) is 8.15. The van der Waals surface area contributed by atoms with Crippen LogP contribution in [0.1, 0.15) is 30.6 Å². The molecule has 132 valence electrons. The lowest BCUT2D eigenvalue weighted by atomic mass is 9.98. The van der Waals surface area contributed by atoms with E-state index in [9.17, 15) is 4.79 Å². The number of carbonyl (C=O) groups is 1. The summed E-state index contributed by atoms with van der Waals surface area (Å²) in [5, 5.41) is 2.91. The molecule has 0 bridgehead atoms. The second-order valence-electron chi connectivity index (χ2n) is 6.73. The van der Waals surface area contributed by atoms with Crippen LogP contribution in [0.3, 0.4) is 0 Å². The molecule has 0 aliphatic carbocycles. The number of carbonyl (C=O) groups excluding carboxylic acids is 1. The Morgan fingerprint density at radius 2 is 2.24 bits per heavy atom. The lowest BCUT2D eigenvalue weighted by Crippen LogP contribution is -2.47. The van der Waals surface area contributed by atoms with Crippen LogP contribution < -0.4 is 5.32 Å². The van der Waals surface area contributed by atoms with Crippen LogP contribution in [-0.4, -0.2) is 40.6 Å². The minimum atomic E-state index is -0.352. The lowest BCUT2D eigenvalue weighted by molar-refractivity contribution is -0.144. The van der Waals surface area contributed by atoms with Gasteiger partial charge in [-0.25, -0.2) is 0 Å². The third-order valence-corrected chi connectivity index (χ3v) is 5.08. The number of nitrogens with zero attached hydrogens (tertiary/aromatic N) is 2. The van der Waals surface area contributed by atoms with Crippen molar-refractivity contribution in [3.63, 3.8) is 0 Å². The highest BCUT2D eigenvalue weighted by molar-refractivity contribution is 5.80. The maximum Gasteiger partial charge on any atom is 0.249 e. The van der Waals surface area contributed by atoms with E-state index in [1.54, 1.807) is 12.5 Å². The first-order valence-electron chi connectivity index (χ1n) is 8.88. The van der Waals surface area contributed by atoms with Crippen molar-refractivity contribution in [2.75, 3.05) is 6.54 Å². The van der Waals surface area contributed by atoms with E-state index in [1.807, 2.05) is 24.4 Å². The molecule has 2 aliphatic rings. The Morgan fingerprint density at radius 1 is 1.28 bits per heavy atom. The number of hydrogen-bond acceptors (Lipinski definition) is 5. The SMILES string of the molecule is O=C(NCc1ccco1)[C@@H]1CC[C@H]2[C@H](CCN2Cc2cccnc2)O1. The van der Waals surface area contributed by atoms with E-state index in [4.69, 9.17) is 9.15 Å². The maximum atomic E-state index is 12.4. The zero-order valence-electron chi connectivity index (χ0n) is 14.1. The molecule has 2 fully saturated rings. The molecular formula is C19H23N3O3. The highest BCUT2D eigenvalue weighted by Crippen LogP contribution is 2.32. The van der Waals surface area contributed by atoms with Crippen LogP contribution in [0.25, 0.3) is 0 Å². The second-order valence-corrected chi connectivity index (χ2v) is 6.73. The van der Waals surface area contributed by atoms with Crippen LogP contribution in [0.4, 0.5) is 0 Å². The summed E-state index contributed by atoms with van der Waals surface area (Å²) in [5.74, 6) is 0.714. The van der Waals surface area contributed by atoms with Gasteiger partial charge in [-0.2, -0.15) is 0 Å². The molecule has 0 unspecified atom stereocenters. The quantitative estimate of drug-likeness (QED) is 0.902. The molecule has 3 atom stereocenters. The molecule has 6 heteroatoms. The van der Waals surface area contributed by atoms with Crippen molar-refractivity contribution in [3.05, 3.63) is 54.2 Å². The van der Waals surface area contributed by atoms with Gasteiger partial charge in [-0.1, -0.05) is 6.07 Å². The van der Waals surface area contributed by atoms with Gasteiger partial charge in [-0.05, 0) is 43.0 Å². The summed E-state index contributed by atoms with van der Waals surface area (Å²) in [4.78, 5) is 19.0. The third-order valence-electron chi connectivity index (χ3n) is 5.08. The Hall–Kier alpha value is -2.18. The van der Waals surface area contributed by atoms with E-state index in [2.05, 4.69) is 21.3 Å². The predicted molar refractivity (Wildman–Crippen MR) is 91.5 cm³/mol. The highest BCUT2D eigenvalue weighted by Gasteiger charge is 2.41. The van der Waals surface area contributed by atoms with Crippen molar-refractivity contribution in [2.45, 2.75) is 50.6 Å². The maximum absolute atomic E-state index is 12.4. The molecule has 25 heavy (non-hydrogen) atoms. The molecule has 1 N–H and O–H groups in total. The van der Waals surface area contributed by atoms with Crippen molar-refractivity contribution in [3.8, 4) is 0 Å². The van der Waals surface area contributed by atoms with Crippen LogP contribution in [-0.2, 0) is 22.6 Å². The van der Waals surface area contributed by atoms with Crippen LogP contribution >= 0.6 is 0 Å². The fraction of sp³-hybridized carbons (Fsp3) is 0.474. The van der Waals surface area contributed by atoms with E-state index in [-0.39, 0.29) is 18.1 Å². The summed E-state index contributed by atoms with van der Waals surface area (Å²) in [6.45, 7) is 2.31. The number of nitrogens with one attached hydrogen (secondary N) is 1. The topological polar surface area (TPSA) is 67.6 Å². The summed E-state index contributed by atoms with van der Waals surface area (Å²) in [5.41, 5.74) is 1.22.